The molecule has 0 spiro atoms. The predicted octanol–water partition coefficient (Wildman–Crippen LogP) is 3.36. The summed E-state index contributed by atoms with van der Waals surface area (Å²) < 4.78 is 37.9. The largest absolute Gasteiger partial charge is 0.490 e. The summed E-state index contributed by atoms with van der Waals surface area (Å²) in [7, 11) is -3.54. The van der Waals surface area contributed by atoms with Gasteiger partial charge in [-0.1, -0.05) is 18.2 Å². The lowest BCUT2D eigenvalue weighted by atomic mass is 10.1. The summed E-state index contributed by atoms with van der Waals surface area (Å²) in [6.45, 7) is 3.27. The number of ether oxygens (including phenoxy) is 2. The lowest BCUT2D eigenvalue weighted by Crippen LogP contribution is -2.37. The fourth-order valence-electron chi connectivity index (χ4n) is 2.08. The van der Waals surface area contributed by atoms with Crippen LogP contribution in [0.1, 0.15) is 19.4 Å². The number of hydrogen-bond acceptors (Lipinski definition) is 6. The third-order valence-electron chi connectivity index (χ3n) is 3.50. The first-order valence-electron chi connectivity index (χ1n) is 8.36. The van der Waals surface area contributed by atoms with Gasteiger partial charge in [0.2, 0.25) is 0 Å². The summed E-state index contributed by atoms with van der Waals surface area (Å²) in [5, 5.41) is 9.07. The van der Waals surface area contributed by atoms with E-state index in [-0.39, 0.29) is 5.75 Å². The first-order chi connectivity index (χ1) is 13.0. The van der Waals surface area contributed by atoms with Crippen LogP contribution in [0.25, 0.3) is 6.08 Å². The lowest BCUT2D eigenvalue weighted by Gasteiger charge is -2.21. The second-order valence-electron chi connectivity index (χ2n) is 6.46. The topological polar surface area (TPSA) is 99.1 Å². The van der Waals surface area contributed by atoms with Crippen molar-refractivity contribution in [2.45, 2.75) is 19.4 Å². The van der Waals surface area contributed by atoms with E-state index in [0.717, 1.165) is 11.8 Å². The van der Waals surface area contributed by atoms with Gasteiger partial charge in [0.15, 0.2) is 5.60 Å². The Bertz CT molecular complexity index is 928. The highest BCUT2D eigenvalue weighted by Gasteiger charge is 2.29. The minimum atomic E-state index is -3.54. The molecule has 0 heterocycles. The summed E-state index contributed by atoms with van der Waals surface area (Å²) in [6.07, 6.45) is 4.63. The van der Waals surface area contributed by atoms with Gasteiger partial charge >= 0.3 is 16.1 Å². The molecule has 0 aliphatic carbocycles. The Hall–Kier alpha value is -3.00. The second kappa shape index (κ2) is 8.79. The number of carbonyl (C=O) groups is 1. The molecule has 0 atom stereocenters. The van der Waals surface area contributed by atoms with Crippen LogP contribution in [0.5, 0.6) is 17.2 Å². The van der Waals surface area contributed by atoms with Gasteiger partial charge in [-0.25, -0.2) is 4.79 Å². The van der Waals surface area contributed by atoms with Crippen molar-refractivity contribution in [3.63, 3.8) is 0 Å². The zero-order chi connectivity index (χ0) is 20.8. The van der Waals surface area contributed by atoms with Crippen LogP contribution in [0.2, 0.25) is 0 Å². The highest BCUT2D eigenvalue weighted by molar-refractivity contribution is 7.86. The molecule has 0 unspecified atom stereocenters. The van der Waals surface area contributed by atoms with E-state index in [1.165, 1.54) is 13.8 Å². The number of hydrogen-bond donors (Lipinski definition) is 1. The molecule has 1 N–H and O–H groups in total. The normalized spacial score (nSPS) is 12.0. The maximum absolute atomic E-state index is 11.1. The summed E-state index contributed by atoms with van der Waals surface area (Å²) >= 11 is 0. The van der Waals surface area contributed by atoms with Gasteiger partial charge in [0.05, 0.1) is 6.26 Å². The third-order valence-corrected chi connectivity index (χ3v) is 3.99. The van der Waals surface area contributed by atoms with Crippen LogP contribution in [-0.2, 0) is 14.9 Å². The van der Waals surface area contributed by atoms with Crippen LogP contribution in [-0.4, -0.2) is 38.0 Å². The van der Waals surface area contributed by atoms with Crippen molar-refractivity contribution in [3.8, 4) is 17.2 Å². The minimum Gasteiger partial charge on any atom is -0.490 e. The van der Waals surface area contributed by atoms with Crippen molar-refractivity contribution in [3.05, 3.63) is 60.2 Å². The van der Waals surface area contributed by atoms with Crippen molar-refractivity contribution in [2.24, 2.45) is 0 Å². The average Bonchev–Trinajstić information content (AvgIpc) is 2.60. The van der Waals surface area contributed by atoms with Gasteiger partial charge in [0, 0.05) is 0 Å². The van der Waals surface area contributed by atoms with Gasteiger partial charge < -0.3 is 18.8 Å². The molecule has 8 heteroatoms. The smallest absolute Gasteiger partial charge is 0.347 e. The molecule has 28 heavy (non-hydrogen) atoms. The molecular formula is C20H22O7S. The Balaban J connectivity index is 1.85. The van der Waals surface area contributed by atoms with Gasteiger partial charge in [-0.15, -0.1) is 0 Å². The molecule has 2 aromatic rings. The SMILES string of the molecule is CC(C)(Oc1ccc(OC/C=C/c2ccc(OS(C)(=O)=O)cc2)cc1)C(=O)O. The molecule has 2 rings (SSSR count). The highest BCUT2D eigenvalue weighted by atomic mass is 32.2. The standard InChI is InChI=1S/C20H22O7S/c1-20(2,19(21)22)26-17-12-10-16(11-13-17)25-14-4-5-15-6-8-18(9-7-15)27-28(3,23)24/h4-13H,14H2,1-3H3,(H,21,22)/b5-4+. The summed E-state index contributed by atoms with van der Waals surface area (Å²) in [6, 6.07) is 13.3. The van der Waals surface area contributed by atoms with Crippen molar-refractivity contribution < 1.29 is 32.0 Å². The van der Waals surface area contributed by atoms with Crippen molar-refractivity contribution in [1.82, 2.24) is 0 Å². The van der Waals surface area contributed by atoms with Crippen molar-refractivity contribution in [2.75, 3.05) is 12.9 Å². The highest BCUT2D eigenvalue weighted by Crippen LogP contribution is 2.22. The predicted molar refractivity (Wildman–Crippen MR) is 105 cm³/mol. The first-order valence-corrected chi connectivity index (χ1v) is 10.2. The zero-order valence-electron chi connectivity index (χ0n) is 15.8. The number of carboxylic acids is 1. The molecule has 0 bridgehead atoms. The fourth-order valence-corrected chi connectivity index (χ4v) is 2.54. The second-order valence-corrected chi connectivity index (χ2v) is 8.03. The maximum atomic E-state index is 11.1. The van der Waals surface area contributed by atoms with E-state index in [1.807, 2.05) is 12.2 Å². The van der Waals surface area contributed by atoms with Crippen molar-refractivity contribution >= 4 is 22.2 Å². The van der Waals surface area contributed by atoms with Gasteiger partial charge in [-0.3, -0.25) is 0 Å². The average molecular weight is 406 g/mol. The fraction of sp³-hybridized carbons (Fsp3) is 0.250. The van der Waals surface area contributed by atoms with E-state index in [9.17, 15) is 13.2 Å². The van der Waals surface area contributed by atoms with E-state index < -0.39 is 21.7 Å². The van der Waals surface area contributed by atoms with Crippen LogP contribution in [0.15, 0.2) is 54.6 Å². The Morgan fingerprint density at radius 1 is 1.00 bits per heavy atom. The van der Waals surface area contributed by atoms with Gasteiger partial charge in [0.25, 0.3) is 0 Å². The van der Waals surface area contributed by atoms with E-state index in [2.05, 4.69) is 0 Å². The Labute approximate surface area is 164 Å². The van der Waals surface area contributed by atoms with E-state index in [0.29, 0.717) is 18.1 Å². The number of carboxylic acid groups (broad SMARTS) is 1. The Kier molecular flexibility index (Phi) is 6.69. The zero-order valence-corrected chi connectivity index (χ0v) is 16.6. The molecule has 0 aliphatic heterocycles. The van der Waals surface area contributed by atoms with Crippen LogP contribution in [0.3, 0.4) is 0 Å². The molecule has 0 saturated heterocycles. The molecule has 0 amide bonds. The molecular weight excluding hydrogens is 384 g/mol. The molecule has 0 radical (unpaired) electrons. The third kappa shape index (κ3) is 6.96. The van der Waals surface area contributed by atoms with Crippen molar-refractivity contribution in [1.29, 1.82) is 0 Å². The number of benzene rings is 2. The monoisotopic (exact) mass is 406 g/mol. The molecule has 0 aliphatic rings. The number of rotatable bonds is 9. The van der Waals surface area contributed by atoms with Crippen LogP contribution in [0.4, 0.5) is 0 Å². The van der Waals surface area contributed by atoms with Crippen LogP contribution in [0, 0.1) is 0 Å². The molecule has 0 aromatic heterocycles. The molecule has 0 saturated carbocycles. The summed E-state index contributed by atoms with van der Waals surface area (Å²) in [5.41, 5.74) is -0.448. The Morgan fingerprint density at radius 2 is 1.54 bits per heavy atom. The van der Waals surface area contributed by atoms with E-state index in [4.69, 9.17) is 18.8 Å². The quantitative estimate of drug-likeness (QED) is 0.638. The van der Waals surface area contributed by atoms with E-state index >= 15 is 0 Å². The molecule has 7 nitrogen and oxygen atoms in total. The molecule has 2 aromatic carbocycles. The molecule has 0 fully saturated rings. The number of aliphatic carboxylic acids is 1. The van der Waals surface area contributed by atoms with Crippen LogP contribution >= 0.6 is 0 Å². The maximum Gasteiger partial charge on any atom is 0.347 e. The van der Waals surface area contributed by atoms with Gasteiger partial charge in [0.1, 0.15) is 23.9 Å². The van der Waals surface area contributed by atoms with Crippen LogP contribution < -0.4 is 13.7 Å². The van der Waals surface area contributed by atoms with Gasteiger partial charge in [-0.2, -0.15) is 8.42 Å². The summed E-state index contributed by atoms with van der Waals surface area (Å²) in [5.74, 6) is 0.256. The van der Waals surface area contributed by atoms with E-state index in [1.54, 1.807) is 48.5 Å². The lowest BCUT2D eigenvalue weighted by molar-refractivity contribution is -0.152. The minimum absolute atomic E-state index is 0.254. The first kappa shape index (κ1) is 21.3. The summed E-state index contributed by atoms with van der Waals surface area (Å²) in [4.78, 5) is 11.1. The molecule has 150 valence electrons. The Morgan fingerprint density at radius 3 is 2.07 bits per heavy atom. The van der Waals surface area contributed by atoms with Gasteiger partial charge in [-0.05, 0) is 61.9 Å².